The fourth-order valence-electron chi connectivity index (χ4n) is 4.19. The van der Waals surface area contributed by atoms with Crippen LogP contribution in [0, 0.1) is 0 Å². The third kappa shape index (κ3) is 4.36. The van der Waals surface area contributed by atoms with Crippen LogP contribution in [0.4, 0.5) is 0 Å². The van der Waals surface area contributed by atoms with Crippen LogP contribution in [0.2, 0.25) is 0 Å². The van der Waals surface area contributed by atoms with Gasteiger partial charge in [-0.3, -0.25) is 9.59 Å². The van der Waals surface area contributed by atoms with Gasteiger partial charge in [-0.25, -0.2) is 4.98 Å². The second-order valence-corrected chi connectivity index (χ2v) is 10.3. The number of likely N-dealkylation sites (N-methyl/N-ethyl adjacent to an activating group) is 1. The van der Waals surface area contributed by atoms with Crippen molar-refractivity contribution in [2.24, 2.45) is 0 Å². The molecule has 5 rings (SSSR count). The number of hydrogen-bond donors (Lipinski definition) is 1. The normalized spacial score (nSPS) is 16.8. The van der Waals surface area contributed by atoms with Gasteiger partial charge in [-0.05, 0) is 37.0 Å². The van der Waals surface area contributed by atoms with Crippen LogP contribution in [0.25, 0.3) is 10.2 Å². The number of ether oxygens (including phenoxy) is 2. The van der Waals surface area contributed by atoms with Gasteiger partial charge in [0.25, 0.3) is 5.56 Å². The number of carbonyl (C=O) groups is 1. The molecule has 0 radical (unpaired) electrons. The highest BCUT2D eigenvalue weighted by Crippen LogP contribution is 2.34. The van der Waals surface area contributed by atoms with Crippen LogP contribution in [0.5, 0.6) is 11.5 Å². The van der Waals surface area contributed by atoms with Gasteiger partial charge >= 0.3 is 0 Å². The SMILES string of the molecule is CN(CC1COc2ccccc2O1)C(=O)CCSCc1nc2sc3c(c2c(=O)[nH]1)CCC3. The van der Waals surface area contributed by atoms with Crippen molar-refractivity contribution in [3.63, 3.8) is 0 Å². The molecule has 2 aliphatic rings. The molecule has 1 N–H and O–H groups in total. The first kappa shape index (κ1) is 21.3. The van der Waals surface area contributed by atoms with E-state index in [1.54, 1.807) is 35.0 Å². The predicted octanol–water partition coefficient (Wildman–Crippen LogP) is 3.40. The van der Waals surface area contributed by atoms with Crippen molar-refractivity contribution in [3.05, 3.63) is 50.9 Å². The zero-order valence-electron chi connectivity index (χ0n) is 17.9. The van der Waals surface area contributed by atoms with Crippen molar-refractivity contribution in [1.82, 2.24) is 14.9 Å². The Morgan fingerprint density at radius 1 is 1.31 bits per heavy atom. The number of rotatable bonds is 7. The van der Waals surface area contributed by atoms with E-state index in [2.05, 4.69) is 9.97 Å². The summed E-state index contributed by atoms with van der Waals surface area (Å²) in [4.78, 5) is 36.5. The summed E-state index contributed by atoms with van der Waals surface area (Å²) in [5.41, 5.74) is 1.17. The number of nitrogens with zero attached hydrogens (tertiary/aromatic N) is 2. The largest absolute Gasteiger partial charge is 0.486 e. The van der Waals surface area contributed by atoms with E-state index in [9.17, 15) is 9.59 Å². The lowest BCUT2D eigenvalue weighted by molar-refractivity contribution is -0.130. The number of aryl methyl sites for hydroxylation is 2. The summed E-state index contributed by atoms with van der Waals surface area (Å²) < 4.78 is 11.7. The summed E-state index contributed by atoms with van der Waals surface area (Å²) in [5, 5.41) is 0.782. The number of nitrogens with one attached hydrogen (secondary N) is 1. The first-order chi connectivity index (χ1) is 15.6. The van der Waals surface area contributed by atoms with Crippen molar-refractivity contribution in [1.29, 1.82) is 0 Å². The molecule has 0 saturated heterocycles. The van der Waals surface area contributed by atoms with Crippen molar-refractivity contribution in [3.8, 4) is 11.5 Å². The average Bonchev–Trinajstić information content (AvgIpc) is 3.37. The Bertz CT molecular complexity index is 1210. The number of benzene rings is 1. The van der Waals surface area contributed by atoms with Crippen molar-refractivity contribution >= 4 is 39.2 Å². The second kappa shape index (κ2) is 9.15. The first-order valence-electron chi connectivity index (χ1n) is 10.8. The number of H-pyrrole nitrogens is 1. The van der Waals surface area contributed by atoms with E-state index in [0.29, 0.717) is 36.9 Å². The number of hydrogen-bond acceptors (Lipinski definition) is 7. The summed E-state index contributed by atoms with van der Waals surface area (Å²) in [6, 6.07) is 7.57. The molecule has 9 heteroatoms. The minimum absolute atomic E-state index is 0.0305. The number of fused-ring (bicyclic) bond motifs is 4. The lowest BCUT2D eigenvalue weighted by Crippen LogP contribution is -2.41. The Kier molecular flexibility index (Phi) is 6.10. The standard InChI is InChI=1S/C23H25N3O4S2/c1-26(11-14-12-29-16-6-2-3-7-17(16)30-14)20(27)9-10-31-13-19-24-22(28)21-15-5-4-8-18(15)32-23(21)25-19/h2-3,6-7,14H,4-5,8-13H2,1H3,(H,24,25,28). The zero-order valence-corrected chi connectivity index (χ0v) is 19.5. The van der Waals surface area contributed by atoms with E-state index in [0.717, 1.165) is 41.0 Å². The van der Waals surface area contributed by atoms with Gasteiger partial charge in [0.05, 0.1) is 17.7 Å². The molecule has 1 aromatic carbocycles. The molecule has 7 nitrogen and oxygen atoms in total. The van der Waals surface area contributed by atoms with E-state index in [1.807, 2.05) is 24.3 Å². The summed E-state index contributed by atoms with van der Waals surface area (Å²) in [7, 11) is 1.79. The van der Waals surface area contributed by atoms with Crippen LogP contribution in [-0.2, 0) is 23.4 Å². The molecule has 1 atom stereocenters. The Hall–Kier alpha value is -2.52. The molecule has 0 bridgehead atoms. The molecule has 1 aliphatic heterocycles. The molecule has 1 unspecified atom stereocenters. The maximum Gasteiger partial charge on any atom is 0.259 e. The number of carbonyl (C=O) groups excluding carboxylic acids is 1. The molecule has 0 spiro atoms. The lowest BCUT2D eigenvalue weighted by Gasteiger charge is -2.29. The number of thioether (sulfide) groups is 1. The summed E-state index contributed by atoms with van der Waals surface area (Å²) in [6.45, 7) is 0.906. The molecular formula is C23H25N3O4S2. The molecule has 32 heavy (non-hydrogen) atoms. The molecule has 0 fully saturated rings. The van der Waals surface area contributed by atoms with E-state index >= 15 is 0 Å². The Morgan fingerprint density at radius 2 is 2.16 bits per heavy atom. The van der Waals surface area contributed by atoms with Gasteiger partial charge < -0.3 is 19.4 Å². The van der Waals surface area contributed by atoms with Gasteiger partial charge in [0.2, 0.25) is 5.91 Å². The Balaban J connectivity index is 1.09. The molecule has 1 amide bonds. The van der Waals surface area contributed by atoms with Crippen LogP contribution in [-0.4, -0.2) is 52.8 Å². The average molecular weight is 472 g/mol. The maximum atomic E-state index is 12.5. The topological polar surface area (TPSA) is 84.5 Å². The second-order valence-electron chi connectivity index (χ2n) is 8.12. The third-order valence-electron chi connectivity index (χ3n) is 5.79. The Labute approximate surface area is 194 Å². The van der Waals surface area contributed by atoms with Gasteiger partial charge in [0, 0.05) is 24.1 Å². The molecule has 3 aromatic rings. The molecule has 2 aromatic heterocycles. The molecular weight excluding hydrogens is 446 g/mol. The summed E-state index contributed by atoms with van der Waals surface area (Å²) in [6.07, 6.45) is 3.41. The van der Waals surface area contributed by atoms with Crippen molar-refractivity contribution in [2.45, 2.75) is 37.5 Å². The highest BCUT2D eigenvalue weighted by Gasteiger charge is 2.24. The van der Waals surface area contributed by atoms with Crippen LogP contribution in [0.3, 0.4) is 0 Å². The van der Waals surface area contributed by atoms with Crippen molar-refractivity contribution in [2.75, 3.05) is 26.0 Å². The molecule has 3 heterocycles. The molecule has 1 aliphatic carbocycles. The Morgan fingerprint density at radius 3 is 3.03 bits per heavy atom. The van der Waals surface area contributed by atoms with Crippen molar-refractivity contribution < 1.29 is 14.3 Å². The number of thiophene rings is 1. The minimum atomic E-state index is -0.181. The monoisotopic (exact) mass is 471 g/mol. The molecule has 0 saturated carbocycles. The predicted molar refractivity (Wildman–Crippen MR) is 127 cm³/mol. The lowest BCUT2D eigenvalue weighted by atomic mass is 10.2. The van der Waals surface area contributed by atoms with E-state index in [-0.39, 0.29) is 17.6 Å². The fraction of sp³-hybridized carbons (Fsp3) is 0.435. The summed E-state index contributed by atoms with van der Waals surface area (Å²) in [5.74, 6) is 3.45. The molecule has 168 valence electrons. The van der Waals surface area contributed by atoms with Gasteiger partial charge in [-0.2, -0.15) is 11.8 Å². The van der Waals surface area contributed by atoms with Gasteiger partial charge in [-0.1, -0.05) is 12.1 Å². The quantitative estimate of drug-likeness (QED) is 0.532. The minimum Gasteiger partial charge on any atom is -0.486 e. The van der Waals surface area contributed by atoms with Gasteiger partial charge in [0.1, 0.15) is 17.3 Å². The van der Waals surface area contributed by atoms with Crippen LogP contribution >= 0.6 is 23.1 Å². The number of amides is 1. The van der Waals surface area contributed by atoms with E-state index in [1.165, 1.54) is 10.4 Å². The van der Waals surface area contributed by atoms with Crippen LogP contribution in [0.1, 0.15) is 29.1 Å². The number of aromatic nitrogens is 2. The fourth-order valence-corrected chi connectivity index (χ4v) is 6.27. The van der Waals surface area contributed by atoms with Gasteiger partial charge in [-0.15, -0.1) is 11.3 Å². The highest BCUT2D eigenvalue weighted by atomic mass is 32.2. The van der Waals surface area contributed by atoms with E-state index in [4.69, 9.17) is 9.47 Å². The van der Waals surface area contributed by atoms with E-state index < -0.39 is 0 Å². The zero-order chi connectivity index (χ0) is 22.1. The summed E-state index contributed by atoms with van der Waals surface area (Å²) >= 11 is 3.26. The first-order valence-corrected chi connectivity index (χ1v) is 12.8. The number of para-hydroxylation sites is 2. The van der Waals surface area contributed by atoms with Crippen LogP contribution in [0.15, 0.2) is 29.1 Å². The van der Waals surface area contributed by atoms with Gasteiger partial charge in [0.15, 0.2) is 17.6 Å². The third-order valence-corrected chi connectivity index (χ3v) is 7.95. The maximum absolute atomic E-state index is 12.5. The smallest absolute Gasteiger partial charge is 0.259 e. The highest BCUT2D eigenvalue weighted by molar-refractivity contribution is 7.98. The number of aromatic amines is 1. The van der Waals surface area contributed by atoms with Crippen LogP contribution < -0.4 is 15.0 Å².